The van der Waals surface area contributed by atoms with Crippen LogP contribution in [0.2, 0.25) is 5.02 Å². The maximum Gasteiger partial charge on any atom is 0.274 e. The molecule has 0 unspecified atom stereocenters. The Morgan fingerprint density at radius 3 is 2.85 bits per heavy atom. The van der Waals surface area contributed by atoms with Crippen molar-refractivity contribution >= 4 is 33.8 Å². The number of halogens is 2. The van der Waals surface area contributed by atoms with Crippen molar-refractivity contribution in [3.05, 3.63) is 63.3 Å². The number of hydrogen-bond acceptors (Lipinski definition) is 4. The lowest BCUT2D eigenvalue weighted by Gasteiger charge is -2.09. The summed E-state index contributed by atoms with van der Waals surface area (Å²) in [7, 11) is 0. The number of carbonyl (C=O) groups excluding carboxylic acids is 1. The Hall–Kier alpha value is -2.25. The van der Waals surface area contributed by atoms with Crippen molar-refractivity contribution < 1.29 is 9.18 Å². The van der Waals surface area contributed by atoms with Gasteiger partial charge in [-0.1, -0.05) is 25.4 Å². The van der Waals surface area contributed by atoms with Gasteiger partial charge in [-0.25, -0.2) is 9.37 Å². The molecule has 0 atom stereocenters. The van der Waals surface area contributed by atoms with Gasteiger partial charge in [-0.15, -0.1) is 11.3 Å². The number of nitrogens with zero attached hydrogens (tertiary/aromatic N) is 3. The molecule has 27 heavy (non-hydrogen) atoms. The standard InChI is InChI=1S/C19H20ClFN4OS/c1-11(2)10-25-16(4-5-22-25)18(26)24-19-12(3)23-17(27-19)8-13-6-14(20)9-15(21)7-13/h4-7,9,11H,8,10H2,1-3H3,(H,24,26). The summed E-state index contributed by atoms with van der Waals surface area (Å²) < 4.78 is 15.2. The molecule has 3 rings (SSSR count). The van der Waals surface area contributed by atoms with E-state index in [1.54, 1.807) is 23.0 Å². The Bertz CT molecular complexity index is 946. The van der Waals surface area contributed by atoms with Crippen LogP contribution >= 0.6 is 22.9 Å². The zero-order valence-electron chi connectivity index (χ0n) is 15.3. The molecular formula is C19H20ClFN4OS. The van der Waals surface area contributed by atoms with Crippen LogP contribution in [0, 0.1) is 18.7 Å². The fourth-order valence-electron chi connectivity index (χ4n) is 2.72. The van der Waals surface area contributed by atoms with Gasteiger partial charge in [0.25, 0.3) is 5.91 Å². The average Bonchev–Trinajstić information content (AvgIpc) is 3.13. The van der Waals surface area contributed by atoms with Gasteiger partial charge in [-0.2, -0.15) is 5.10 Å². The van der Waals surface area contributed by atoms with Gasteiger partial charge >= 0.3 is 0 Å². The first-order valence-corrected chi connectivity index (χ1v) is 9.75. The molecule has 0 fully saturated rings. The first-order valence-electron chi connectivity index (χ1n) is 8.56. The van der Waals surface area contributed by atoms with E-state index in [0.29, 0.717) is 34.6 Å². The van der Waals surface area contributed by atoms with E-state index in [4.69, 9.17) is 11.6 Å². The molecular weight excluding hydrogens is 387 g/mol. The third-order valence-corrected chi connectivity index (χ3v) is 5.12. The van der Waals surface area contributed by atoms with E-state index in [0.717, 1.165) is 16.3 Å². The third kappa shape index (κ3) is 4.93. The van der Waals surface area contributed by atoms with Gasteiger partial charge < -0.3 is 5.32 Å². The molecule has 0 saturated heterocycles. The molecule has 8 heteroatoms. The van der Waals surface area contributed by atoms with Crippen molar-refractivity contribution in [1.29, 1.82) is 0 Å². The molecule has 1 N–H and O–H groups in total. The monoisotopic (exact) mass is 406 g/mol. The predicted molar refractivity (Wildman–Crippen MR) is 106 cm³/mol. The molecule has 1 amide bonds. The van der Waals surface area contributed by atoms with Crippen LogP contribution < -0.4 is 5.32 Å². The normalized spacial score (nSPS) is 11.2. The van der Waals surface area contributed by atoms with Gasteiger partial charge in [-0.05, 0) is 42.7 Å². The Morgan fingerprint density at radius 2 is 2.15 bits per heavy atom. The Balaban J connectivity index is 1.75. The minimum atomic E-state index is -0.377. The fraction of sp³-hybridized carbons (Fsp3) is 0.316. The van der Waals surface area contributed by atoms with Crippen molar-refractivity contribution in [2.75, 3.05) is 5.32 Å². The second kappa shape index (κ2) is 8.19. The van der Waals surface area contributed by atoms with Gasteiger partial charge in [0, 0.05) is 24.2 Å². The lowest BCUT2D eigenvalue weighted by molar-refractivity contribution is 0.101. The summed E-state index contributed by atoms with van der Waals surface area (Å²) >= 11 is 7.28. The minimum absolute atomic E-state index is 0.222. The number of carbonyl (C=O) groups is 1. The molecule has 0 bridgehead atoms. The molecule has 3 aromatic rings. The molecule has 5 nitrogen and oxygen atoms in total. The molecule has 2 aromatic heterocycles. The third-order valence-electron chi connectivity index (χ3n) is 3.83. The Labute approximate surface area is 166 Å². The van der Waals surface area contributed by atoms with Gasteiger partial charge in [0.2, 0.25) is 0 Å². The molecule has 0 radical (unpaired) electrons. The zero-order valence-corrected chi connectivity index (χ0v) is 16.9. The first kappa shape index (κ1) is 19.5. The number of nitrogens with one attached hydrogen (secondary N) is 1. The summed E-state index contributed by atoms with van der Waals surface area (Å²) in [4.78, 5) is 17.1. The van der Waals surface area contributed by atoms with Gasteiger partial charge in [-0.3, -0.25) is 9.48 Å². The first-order chi connectivity index (χ1) is 12.8. The number of rotatable bonds is 6. The quantitative estimate of drug-likeness (QED) is 0.630. The summed E-state index contributed by atoms with van der Waals surface area (Å²) in [6.45, 7) is 6.64. The highest BCUT2D eigenvalue weighted by Crippen LogP contribution is 2.27. The summed E-state index contributed by atoms with van der Waals surface area (Å²) in [5, 5.41) is 8.93. The Morgan fingerprint density at radius 1 is 1.37 bits per heavy atom. The lowest BCUT2D eigenvalue weighted by atomic mass is 10.1. The van der Waals surface area contributed by atoms with E-state index < -0.39 is 0 Å². The highest BCUT2D eigenvalue weighted by atomic mass is 35.5. The van der Waals surface area contributed by atoms with Gasteiger partial charge in [0.15, 0.2) is 0 Å². The number of thiazole rings is 1. The van der Waals surface area contributed by atoms with E-state index in [1.807, 2.05) is 6.92 Å². The minimum Gasteiger partial charge on any atom is -0.311 e. The second-order valence-corrected chi connectivity index (χ2v) is 8.24. The van der Waals surface area contributed by atoms with E-state index in [-0.39, 0.29) is 11.7 Å². The highest BCUT2D eigenvalue weighted by molar-refractivity contribution is 7.16. The zero-order chi connectivity index (χ0) is 19.6. The topological polar surface area (TPSA) is 59.8 Å². The van der Waals surface area contributed by atoms with Crippen LogP contribution in [0.4, 0.5) is 9.39 Å². The highest BCUT2D eigenvalue weighted by Gasteiger charge is 2.17. The van der Waals surface area contributed by atoms with E-state index in [1.165, 1.54) is 23.5 Å². The molecule has 1 aromatic carbocycles. The van der Waals surface area contributed by atoms with Gasteiger partial charge in [0.05, 0.1) is 10.7 Å². The molecule has 0 spiro atoms. The van der Waals surface area contributed by atoms with E-state index in [2.05, 4.69) is 29.2 Å². The van der Waals surface area contributed by atoms with Crippen LogP contribution in [0.1, 0.15) is 40.6 Å². The van der Waals surface area contributed by atoms with Crippen molar-refractivity contribution in [2.24, 2.45) is 5.92 Å². The van der Waals surface area contributed by atoms with Crippen molar-refractivity contribution in [3.8, 4) is 0 Å². The summed E-state index contributed by atoms with van der Waals surface area (Å²) in [5.74, 6) is -0.218. The Kier molecular flexibility index (Phi) is 5.92. The van der Waals surface area contributed by atoms with Crippen LogP contribution in [0.15, 0.2) is 30.5 Å². The maximum absolute atomic E-state index is 13.5. The number of benzene rings is 1. The van der Waals surface area contributed by atoms with Crippen molar-refractivity contribution in [3.63, 3.8) is 0 Å². The van der Waals surface area contributed by atoms with E-state index >= 15 is 0 Å². The van der Waals surface area contributed by atoms with Crippen molar-refractivity contribution in [1.82, 2.24) is 14.8 Å². The number of aromatic nitrogens is 3. The van der Waals surface area contributed by atoms with Crippen LogP contribution in [-0.2, 0) is 13.0 Å². The number of anilines is 1. The van der Waals surface area contributed by atoms with Gasteiger partial charge in [0.1, 0.15) is 16.5 Å². The van der Waals surface area contributed by atoms with Crippen molar-refractivity contribution in [2.45, 2.75) is 33.7 Å². The fourth-order valence-corrected chi connectivity index (χ4v) is 3.95. The molecule has 0 aliphatic rings. The molecule has 0 aliphatic heterocycles. The van der Waals surface area contributed by atoms with Crippen LogP contribution in [-0.4, -0.2) is 20.7 Å². The maximum atomic E-state index is 13.5. The number of amides is 1. The van der Waals surface area contributed by atoms with E-state index in [9.17, 15) is 9.18 Å². The summed E-state index contributed by atoms with van der Waals surface area (Å²) in [5.41, 5.74) is 1.97. The molecule has 2 heterocycles. The smallest absolute Gasteiger partial charge is 0.274 e. The summed E-state index contributed by atoms with van der Waals surface area (Å²) in [6, 6.07) is 6.11. The largest absolute Gasteiger partial charge is 0.311 e. The lowest BCUT2D eigenvalue weighted by Crippen LogP contribution is -2.19. The van der Waals surface area contributed by atoms with Crippen LogP contribution in [0.25, 0.3) is 0 Å². The molecule has 142 valence electrons. The second-order valence-electron chi connectivity index (χ2n) is 6.72. The predicted octanol–water partition coefficient (Wildman–Crippen LogP) is 4.94. The number of aryl methyl sites for hydroxylation is 1. The molecule has 0 saturated carbocycles. The summed E-state index contributed by atoms with van der Waals surface area (Å²) in [6.07, 6.45) is 2.07. The van der Waals surface area contributed by atoms with Crippen LogP contribution in [0.5, 0.6) is 0 Å². The average molecular weight is 407 g/mol. The number of hydrogen-bond donors (Lipinski definition) is 1. The molecule has 0 aliphatic carbocycles. The van der Waals surface area contributed by atoms with Crippen LogP contribution in [0.3, 0.4) is 0 Å². The SMILES string of the molecule is Cc1nc(Cc2cc(F)cc(Cl)c2)sc1NC(=O)c1ccnn1CC(C)C.